The number of ether oxygens (including phenoxy) is 1. The fourth-order valence-electron chi connectivity index (χ4n) is 3.96. The van der Waals surface area contributed by atoms with Gasteiger partial charge in [-0.3, -0.25) is 9.52 Å². The van der Waals surface area contributed by atoms with Gasteiger partial charge in [0.15, 0.2) is 0 Å². The van der Waals surface area contributed by atoms with E-state index in [1.165, 1.54) is 6.07 Å². The smallest absolute Gasteiger partial charge is 0.262 e. The van der Waals surface area contributed by atoms with Crippen molar-refractivity contribution in [1.82, 2.24) is 4.90 Å². The number of hydrogen-bond donors (Lipinski definition) is 1. The lowest BCUT2D eigenvalue weighted by Crippen LogP contribution is -2.48. The van der Waals surface area contributed by atoms with Gasteiger partial charge in [0.2, 0.25) is 0 Å². The van der Waals surface area contributed by atoms with Gasteiger partial charge in [-0.1, -0.05) is 36.4 Å². The number of carbonyl (C=O) groups excluding carboxylic acids is 1. The predicted molar refractivity (Wildman–Crippen MR) is 130 cm³/mol. The van der Waals surface area contributed by atoms with Crippen molar-refractivity contribution in [2.24, 2.45) is 0 Å². The summed E-state index contributed by atoms with van der Waals surface area (Å²) < 4.78 is 34.0. The van der Waals surface area contributed by atoms with Crippen LogP contribution in [0.2, 0.25) is 0 Å². The van der Waals surface area contributed by atoms with E-state index in [1.807, 2.05) is 30.3 Å². The molecule has 1 N–H and O–H groups in total. The van der Waals surface area contributed by atoms with Crippen LogP contribution in [0.5, 0.6) is 5.75 Å². The molecule has 8 heteroatoms. The Morgan fingerprint density at radius 3 is 2.27 bits per heavy atom. The van der Waals surface area contributed by atoms with Gasteiger partial charge in [0, 0.05) is 37.4 Å². The van der Waals surface area contributed by atoms with Crippen LogP contribution in [0.15, 0.2) is 77.7 Å². The largest absolute Gasteiger partial charge is 0.495 e. The van der Waals surface area contributed by atoms with Gasteiger partial charge in [-0.05, 0) is 48.9 Å². The number of rotatable bonds is 6. The third kappa shape index (κ3) is 4.96. The van der Waals surface area contributed by atoms with Crippen LogP contribution in [0.1, 0.15) is 15.9 Å². The fourth-order valence-corrected chi connectivity index (χ4v) is 5.29. The number of anilines is 2. The summed E-state index contributed by atoms with van der Waals surface area (Å²) in [5.74, 6) is 0.627. The van der Waals surface area contributed by atoms with E-state index in [2.05, 4.69) is 9.62 Å². The van der Waals surface area contributed by atoms with Gasteiger partial charge >= 0.3 is 0 Å². The van der Waals surface area contributed by atoms with E-state index in [0.717, 1.165) is 11.4 Å². The molecular weight excluding hydrogens is 438 g/mol. The fraction of sp³-hybridized carbons (Fsp3) is 0.240. The molecule has 3 aromatic rings. The molecule has 0 aliphatic carbocycles. The van der Waals surface area contributed by atoms with E-state index >= 15 is 0 Å². The van der Waals surface area contributed by atoms with E-state index in [9.17, 15) is 13.2 Å². The molecule has 0 spiro atoms. The monoisotopic (exact) mass is 465 g/mol. The number of nitrogens with zero attached hydrogens (tertiary/aromatic N) is 2. The summed E-state index contributed by atoms with van der Waals surface area (Å²) in [5, 5.41) is 0. The zero-order chi connectivity index (χ0) is 23.4. The summed E-state index contributed by atoms with van der Waals surface area (Å²) in [7, 11) is -2.18. The van der Waals surface area contributed by atoms with Crippen molar-refractivity contribution in [2.45, 2.75) is 11.8 Å². The van der Waals surface area contributed by atoms with Crippen LogP contribution in [0, 0.1) is 6.92 Å². The standard InChI is InChI=1S/C25H27N3O4S/c1-19-12-13-20(18-24(19)33(30,31)26-21-8-4-3-5-9-21)25(29)28-16-14-27(15-17-28)22-10-6-7-11-23(22)32-2/h3-13,18,26H,14-17H2,1-2H3. The third-order valence-electron chi connectivity index (χ3n) is 5.74. The summed E-state index contributed by atoms with van der Waals surface area (Å²) >= 11 is 0. The first kappa shape index (κ1) is 22.7. The van der Waals surface area contributed by atoms with Crippen molar-refractivity contribution in [2.75, 3.05) is 42.9 Å². The molecule has 0 unspecified atom stereocenters. The SMILES string of the molecule is COc1ccccc1N1CCN(C(=O)c2ccc(C)c(S(=O)(=O)Nc3ccccc3)c2)CC1. The minimum Gasteiger partial charge on any atom is -0.495 e. The second-order valence-electron chi connectivity index (χ2n) is 7.90. The van der Waals surface area contributed by atoms with Crippen molar-refractivity contribution in [1.29, 1.82) is 0 Å². The molecule has 1 fully saturated rings. The second-order valence-corrected chi connectivity index (χ2v) is 9.55. The van der Waals surface area contributed by atoms with Crippen molar-refractivity contribution < 1.29 is 17.9 Å². The summed E-state index contributed by atoms with van der Waals surface area (Å²) in [6.45, 7) is 4.13. The highest BCUT2D eigenvalue weighted by molar-refractivity contribution is 7.92. The molecule has 0 atom stereocenters. The molecular formula is C25H27N3O4S. The van der Waals surface area contributed by atoms with E-state index in [1.54, 1.807) is 55.3 Å². The van der Waals surface area contributed by atoms with E-state index in [4.69, 9.17) is 4.74 Å². The summed E-state index contributed by atoms with van der Waals surface area (Å²) in [5.41, 5.74) is 2.42. The van der Waals surface area contributed by atoms with Crippen LogP contribution in [-0.2, 0) is 10.0 Å². The third-order valence-corrected chi connectivity index (χ3v) is 7.27. The van der Waals surface area contributed by atoms with Gasteiger partial charge in [-0.25, -0.2) is 8.42 Å². The summed E-state index contributed by atoms with van der Waals surface area (Å²) in [4.78, 5) is 17.2. The van der Waals surface area contributed by atoms with Gasteiger partial charge < -0.3 is 14.5 Å². The molecule has 0 bridgehead atoms. The summed E-state index contributed by atoms with van der Waals surface area (Å²) in [6, 6.07) is 21.4. The number of piperazine rings is 1. The van der Waals surface area contributed by atoms with Gasteiger partial charge in [-0.2, -0.15) is 0 Å². The molecule has 0 radical (unpaired) electrons. The maximum absolute atomic E-state index is 13.2. The average Bonchev–Trinajstić information content (AvgIpc) is 2.84. The maximum Gasteiger partial charge on any atom is 0.262 e. The van der Waals surface area contributed by atoms with E-state index in [0.29, 0.717) is 43.0 Å². The molecule has 1 heterocycles. The maximum atomic E-state index is 13.2. The molecule has 1 saturated heterocycles. The molecule has 1 amide bonds. The molecule has 0 saturated carbocycles. The Morgan fingerprint density at radius 2 is 1.58 bits per heavy atom. The van der Waals surface area contributed by atoms with Crippen LogP contribution >= 0.6 is 0 Å². The van der Waals surface area contributed by atoms with Crippen LogP contribution in [0.4, 0.5) is 11.4 Å². The normalized spacial score (nSPS) is 14.1. The van der Waals surface area contributed by atoms with Crippen molar-refractivity contribution >= 4 is 27.3 Å². The number of hydrogen-bond acceptors (Lipinski definition) is 5. The molecule has 4 rings (SSSR count). The molecule has 33 heavy (non-hydrogen) atoms. The molecule has 1 aliphatic rings. The predicted octanol–water partition coefficient (Wildman–Crippen LogP) is 3.77. The van der Waals surface area contributed by atoms with E-state index in [-0.39, 0.29) is 10.8 Å². The minimum atomic E-state index is -3.83. The Hall–Kier alpha value is -3.52. The first-order chi connectivity index (χ1) is 15.9. The van der Waals surface area contributed by atoms with Gasteiger partial charge in [0.25, 0.3) is 15.9 Å². The number of aryl methyl sites for hydroxylation is 1. The van der Waals surface area contributed by atoms with Gasteiger partial charge in [-0.15, -0.1) is 0 Å². The average molecular weight is 466 g/mol. The quantitative estimate of drug-likeness (QED) is 0.600. The molecule has 7 nitrogen and oxygen atoms in total. The Bertz CT molecular complexity index is 1240. The van der Waals surface area contributed by atoms with Gasteiger partial charge in [0.05, 0.1) is 17.7 Å². The molecule has 1 aliphatic heterocycles. The Balaban J connectivity index is 1.49. The van der Waals surface area contributed by atoms with Crippen LogP contribution in [-0.4, -0.2) is 52.5 Å². The number of amides is 1. The number of carbonyl (C=O) groups is 1. The van der Waals surface area contributed by atoms with Gasteiger partial charge in [0.1, 0.15) is 5.75 Å². The lowest BCUT2D eigenvalue weighted by Gasteiger charge is -2.36. The lowest BCUT2D eigenvalue weighted by atomic mass is 10.1. The zero-order valence-electron chi connectivity index (χ0n) is 18.7. The topological polar surface area (TPSA) is 79.0 Å². The second kappa shape index (κ2) is 9.54. The number of nitrogens with one attached hydrogen (secondary N) is 1. The Kier molecular flexibility index (Phi) is 6.55. The first-order valence-corrected chi connectivity index (χ1v) is 12.2. The highest BCUT2D eigenvalue weighted by Crippen LogP contribution is 2.29. The molecule has 0 aromatic heterocycles. The molecule has 172 valence electrons. The van der Waals surface area contributed by atoms with Crippen molar-refractivity contribution in [3.63, 3.8) is 0 Å². The van der Waals surface area contributed by atoms with Crippen molar-refractivity contribution in [3.05, 3.63) is 83.9 Å². The Morgan fingerprint density at radius 1 is 0.909 bits per heavy atom. The zero-order valence-corrected chi connectivity index (χ0v) is 19.5. The Labute approximate surface area is 194 Å². The van der Waals surface area contributed by atoms with E-state index < -0.39 is 10.0 Å². The van der Waals surface area contributed by atoms with Crippen molar-refractivity contribution in [3.8, 4) is 5.75 Å². The van der Waals surface area contributed by atoms with Crippen LogP contribution < -0.4 is 14.4 Å². The number of para-hydroxylation sites is 3. The number of methoxy groups -OCH3 is 1. The highest BCUT2D eigenvalue weighted by Gasteiger charge is 2.25. The number of benzene rings is 3. The minimum absolute atomic E-state index is 0.102. The number of sulfonamides is 1. The molecule has 3 aromatic carbocycles. The lowest BCUT2D eigenvalue weighted by molar-refractivity contribution is 0.0746. The highest BCUT2D eigenvalue weighted by atomic mass is 32.2. The first-order valence-electron chi connectivity index (χ1n) is 10.7. The van der Waals surface area contributed by atoms with Crippen LogP contribution in [0.3, 0.4) is 0 Å². The summed E-state index contributed by atoms with van der Waals surface area (Å²) in [6.07, 6.45) is 0. The van der Waals surface area contributed by atoms with Crippen LogP contribution in [0.25, 0.3) is 0 Å².